The van der Waals surface area contributed by atoms with Crippen molar-refractivity contribution in [1.29, 1.82) is 0 Å². The van der Waals surface area contributed by atoms with E-state index in [4.69, 9.17) is 11.6 Å². The Morgan fingerprint density at radius 1 is 1.14 bits per heavy atom. The largest absolute Gasteiger partial charge is 0.341 e. The molecular formula is C13H13ClN4O2S. The summed E-state index contributed by atoms with van der Waals surface area (Å²) in [6.07, 6.45) is 1.07. The van der Waals surface area contributed by atoms with Gasteiger partial charge in [-0.3, -0.25) is 4.72 Å². The van der Waals surface area contributed by atoms with Crippen molar-refractivity contribution in [3.8, 4) is 0 Å². The fourth-order valence-electron chi connectivity index (χ4n) is 1.91. The number of rotatable bonds is 4. The highest BCUT2D eigenvalue weighted by Crippen LogP contribution is 2.22. The zero-order chi connectivity index (χ0) is 14.9. The fourth-order valence-corrected chi connectivity index (χ4v) is 3.10. The SMILES string of the molecule is O=S(=O)(Nc1cc(Cl)nc(N2CCC2)n1)c1ccccc1. The third kappa shape index (κ3) is 3.08. The van der Waals surface area contributed by atoms with Crippen LogP contribution < -0.4 is 9.62 Å². The van der Waals surface area contributed by atoms with Crippen LogP contribution in [0.1, 0.15) is 6.42 Å². The second-order valence-electron chi connectivity index (χ2n) is 4.64. The summed E-state index contributed by atoms with van der Waals surface area (Å²) < 4.78 is 26.9. The number of nitrogens with one attached hydrogen (secondary N) is 1. The molecule has 1 aromatic heterocycles. The molecule has 21 heavy (non-hydrogen) atoms. The van der Waals surface area contributed by atoms with Crippen LogP contribution in [-0.4, -0.2) is 31.5 Å². The highest BCUT2D eigenvalue weighted by atomic mass is 35.5. The summed E-state index contributed by atoms with van der Waals surface area (Å²) in [6, 6.07) is 9.50. The van der Waals surface area contributed by atoms with Gasteiger partial charge >= 0.3 is 0 Å². The zero-order valence-electron chi connectivity index (χ0n) is 11.0. The lowest BCUT2D eigenvalue weighted by Crippen LogP contribution is -2.38. The predicted molar refractivity (Wildman–Crippen MR) is 81.1 cm³/mol. The lowest BCUT2D eigenvalue weighted by atomic mass is 10.2. The molecule has 6 nitrogen and oxygen atoms in total. The van der Waals surface area contributed by atoms with Crippen LogP contribution in [0.2, 0.25) is 5.15 Å². The number of benzene rings is 1. The van der Waals surface area contributed by atoms with Crippen LogP contribution in [0.15, 0.2) is 41.3 Å². The molecule has 8 heteroatoms. The van der Waals surface area contributed by atoms with Gasteiger partial charge in [-0.15, -0.1) is 0 Å². The van der Waals surface area contributed by atoms with Crippen LogP contribution in [0.5, 0.6) is 0 Å². The van der Waals surface area contributed by atoms with Crippen LogP contribution in [0, 0.1) is 0 Å². The first kappa shape index (κ1) is 14.1. The topological polar surface area (TPSA) is 75.2 Å². The third-order valence-electron chi connectivity index (χ3n) is 3.11. The van der Waals surface area contributed by atoms with Crippen molar-refractivity contribution in [1.82, 2.24) is 9.97 Å². The van der Waals surface area contributed by atoms with Gasteiger partial charge in [-0.25, -0.2) is 13.4 Å². The lowest BCUT2D eigenvalue weighted by molar-refractivity contribution is 0.598. The molecule has 2 heterocycles. The molecule has 0 spiro atoms. The maximum absolute atomic E-state index is 12.2. The second-order valence-corrected chi connectivity index (χ2v) is 6.70. The third-order valence-corrected chi connectivity index (χ3v) is 4.68. The Bertz CT molecular complexity index is 748. The summed E-state index contributed by atoms with van der Waals surface area (Å²) in [6.45, 7) is 1.70. The fraction of sp³-hybridized carbons (Fsp3) is 0.231. The summed E-state index contributed by atoms with van der Waals surface area (Å²) in [4.78, 5) is 10.4. The number of nitrogens with zero attached hydrogens (tertiary/aromatic N) is 3. The van der Waals surface area contributed by atoms with E-state index in [9.17, 15) is 8.42 Å². The van der Waals surface area contributed by atoms with E-state index in [2.05, 4.69) is 14.7 Å². The first-order valence-corrected chi connectivity index (χ1v) is 8.28. The van der Waals surface area contributed by atoms with Crippen LogP contribution in [0.25, 0.3) is 0 Å². The minimum Gasteiger partial charge on any atom is -0.341 e. The summed E-state index contributed by atoms with van der Waals surface area (Å²) in [7, 11) is -3.68. The van der Waals surface area contributed by atoms with Crippen molar-refractivity contribution < 1.29 is 8.42 Å². The number of hydrogen-bond acceptors (Lipinski definition) is 5. The summed E-state index contributed by atoms with van der Waals surface area (Å²) >= 11 is 5.94. The molecule has 0 atom stereocenters. The van der Waals surface area contributed by atoms with Gasteiger partial charge in [-0.2, -0.15) is 4.98 Å². The molecular weight excluding hydrogens is 312 g/mol. The normalized spacial score (nSPS) is 14.6. The van der Waals surface area contributed by atoms with Gasteiger partial charge < -0.3 is 4.90 Å². The van der Waals surface area contributed by atoms with Crippen molar-refractivity contribution in [3.05, 3.63) is 41.6 Å². The van der Waals surface area contributed by atoms with Gasteiger partial charge in [-0.1, -0.05) is 29.8 Å². The molecule has 2 aromatic rings. The zero-order valence-corrected chi connectivity index (χ0v) is 12.6. The van der Waals surface area contributed by atoms with Gasteiger partial charge in [0.05, 0.1) is 4.90 Å². The Balaban J connectivity index is 1.89. The Morgan fingerprint density at radius 3 is 2.48 bits per heavy atom. The van der Waals surface area contributed by atoms with Gasteiger partial charge in [0.15, 0.2) is 0 Å². The second kappa shape index (κ2) is 5.50. The number of halogens is 1. The van der Waals surface area contributed by atoms with Crippen LogP contribution in [0.3, 0.4) is 0 Å². The van der Waals surface area contributed by atoms with Crippen molar-refractivity contribution in [3.63, 3.8) is 0 Å². The highest BCUT2D eigenvalue weighted by Gasteiger charge is 2.20. The van der Waals surface area contributed by atoms with Crippen molar-refractivity contribution in [2.75, 3.05) is 22.7 Å². The van der Waals surface area contributed by atoms with Crippen molar-refractivity contribution in [2.24, 2.45) is 0 Å². The van der Waals surface area contributed by atoms with Gasteiger partial charge in [-0.05, 0) is 18.6 Å². The molecule has 3 rings (SSSR count). The summed E-state index contributed by atoms with van der Waals surface area (Å²) in [5.41, 5.74) is 0. The van der Waals surface area contributed by atoms with E-state index >= 15 is 0 Å². The first-order chi connectivity index (χ1) is 10.0. The average molecular weight is 325 g/mol. The van der Waals surface area contributed by atoms with Crippen LogP contribution >= 0.6 is 11.6 Å². The number of aromatic nitrogens is 2. The van der Waals surface area contributed by atoms with E-state index in [1.165, 1.54) is 18.2 Å². The first-order valence-electron chi connectivity index (χ1n) is 6.42. The number of sulfonamides is 1. The Hall–Kier alpha value is -1.86. The smallest absolute Gasteiger partial charge is 0.263 e. The molecule has 1 aliphatic heterocycles. The molecule has 0 saturated carbocycles. The minimum atomic E-state index is -3.68. The molecule has 1 N–H and O–H groups in total. The minimum absolute atomic E-state index is 0.167. The molecule has 1 fully saturated rings. The highest BCUT2D eigenvalue weighted by molar-refractivity contribution is 7.92. The lowest BCUT2D eigenvalue weighted by Gasteiger charge is -2.30. The van der Waals surface area contributed by atoms with Crippen LogP contribution in [0.4, 0.5) is 11.8 Å². The molecule has 110 valence electrons. The van der Waals surface area contributed by atoms with Gasteiger partial charge in [0.1, 0.15) is 11.0 Å². The van der Waals surface area contributed by atoms with E-state index in [1.807, 2.05) is 4.90 Å². The summed E-state index contributed by atoms with van der Waals surface area (Å²) in [5.74, 6) is 0.611. The van der Waals surface area contributed by atoms with E-state index in [0.717, 1.165) is 19.5 Å². The molecule has 1 saturated heterocycles. The predicted octanol–water partition coefficient (Wildman–Crippen LogP) is 2.14. The van der Waals surface area contributed by atoms with Gasteiger partial charge in [0, 0.05) is 19.2 Å². The van der Waals surface area contributed by atoms with Crippen molar-refractivity contribution >= 4 is 33.4 Å². The average Bonchev–Trinajstić information content (AvgIpc) is 2.36. The molecule has 0 amide bonds. The van der Waals surface area contributed by atoms with Gasteiger partial charge in [0.25, 0.3) is 10.0 Å². The quantitative estimate of drug-likeness (QED) is 0.872. The molecule has 0 radical (unpaired) electrons. The Kier molecular flexibility index (Phi) is 3.69. The Morgan fingerprint density at radius 2 is 1.86 bits per heavy atom. The molecule has 0 bridgehead atoms. The molecule has 0 unspecified atom stereocenters. The molecule has 0 aliphatic carbocycles. The summed E-state index contributed by atoms with van der Waals surface area (Å²) in [5, 5.41) is 0.206. The molecule has 1 aromatic carbocycles. The van der Waals surface area contributed by atoms with E-state index in [0.29, 0.717) is 5.95 Å². The maximum atomic E-state index is 12.2. The van der Waals surface area contributed by atoms with E-state index in [-0.39, 0.29) is 15.9 Å². The van der Waals surface area contributed by atoms with Crippen molar-refractivity contribution in [2.45, 2.75) is 11.3 Å². The Labute approximate surface area is 127 Å². The van der Waals surface area contributed by atoms with Crippen LogP contribution in [-0.2, 0) is 10.0 Å². The van der Waals surface area contributed by atoms with Gasteiger partial charge in [0.2, 0.25) is 5.95 Å². The van der Waals surface area contributed by atoms with E-state index in [1.54, 1.807) is 18.2 Å². The number of anilines is 2. The number of hydrogen-bond donors (Lipinski definition) is 1. The monoisotopic (exact) mass is 324 g/mol. The standard InChI is InChI=1S/C13H13ClN4O2S/c14-11-9-12(16-13(15-11)18-7-4-8-18)17-21(19,20)10-5-2-1-3-6-10/h1-3,5-6,9H,4,7-8H2,(H,15,16,17). The molecule has 1 aliphatic rings. The maximum Gasteiger partial charge on any atom is 0.263 e. The van der Waals surface area contributed by atoms with E-state index < -0.39 is 10.0 Å².